The van der Waals surface area contributed by atoms with Crippen molar-refractivity contribution in [2.24, 2.45) is 0 Å². The van der Waals surface area contributed by atoms with Crippen LogP contribution in [0.2, 0.25) is 0 Å². The molecule has 0 aliphatic rings. The third kappa shape index (κ3) is 5.84. The molecule has 26 heavy (non-hydrogen) atoms. The summed E-state index contributed by atoms with van der Waals surface area (Å²) in [6.45, 7) is 3.60. The summed E-state index contributed by atoms with van der Waals surface area (Å²) in [6, 6.07) is 12.8. The molecule has 0 fully saturated rings. The number of rotatable bonds is 9. The third-order valence-electron chi connectivity index (χ3n) is 4.07. The SMILES string of the molecule is CC(=O)c1cccc(OC[C@@H](O)CN[C@@H](C)[C@H](O)c2ccc(O)cc2)c1. The van der Waals surface area contributed by atoms with Gasteiger partial charge < -0.3 is 25.4 Å². The number of aliphatic hydroxyl groups excluding tert-OH is 2. The van der Waals surface area contributed by atoms with Crippen molar-refractivity contribution < 1.29 is 24.9 Å². The Hall–Kier alpha value is -2.41. The number of benzene rings is 2. The predicted molar refractivity (Wildman–Crippen MR) is 98.5 cm³/mol. The number of Topliss-reactive ketones (excluding diaryl/α,β-unsaturated/α-hetero) is 1. The maximum atomic E-state index is 11.4. The first-order valence-electron chi connectivity index (χ1n) is 8.49. The lowest BCUT2D eigenvalue weighted by molar-refractivity contribution is 0.0875. The van der Waals surface area contributed by atoms with E-state index >= 15 is 0 Å². The summed E-state index contributed by atoms with van der Waals surface area (Å²) in [4.78, 5) is 11.4. The van der Waals surface area contributed by atoms with Gasteiger partial charge in [0.2, 0.25) is 0 Å². The van der Waals surface area contributed by atoms with Gasteiger partial charge in [-0.15, -0.1) is 0 Å². The maximum Gasteiger partial charge on any atom is 0.159 e. The lowest BCUT2D eigenvalue weighted by Gasteiger charge is -2.22. The van der Waals surface area contributed by atoms with Crippen LogP contribution < -0.4 is 10.1 Å². The number of nitrogens with one attached hydrogen (secondary N) is 1. The molecule has 0 saturated carbocycles. The van der Waals surface area contributed by atoms with Crippen molar-refractivity contribution in [1.82, 2.24) is 5.32 Å². The monoisotopic (exact) mass is 359 g/mol. The summed E-state index contributed by atoms with van der Waals surface area (Å²) in [5.74, 6) is 0.617. The van der Waals surface area contributed by atoms with E-state index in [-0.39, 0.29) is 30.7 Å². The summed E-state index contributed by atoms with van der Waals surface area (Å²) < 4.78 is 5.52. The molecule has 0 radical (unpaired) electrons. The van der Waals surface area contributed by atoms with E-state index in [1.54, 1.807) is 43.3 Å². The third-order valence-corrected chi connectivity index (χ3v) is 4.07. The molecule has 4 N–H and O–H groups in total. The lowest BCUT2D eigenvalue weighted by atomic mass is 10.0. The molecule has 2 aromatic rings. The van der Waals surface area contributed by atoms with Crippen molar-refractivity contribution in [3.05, 3.63) is 59.7 Å². The van der Waals surface area contributed by atoms with Crippen LogP contribution in [0.25, 0.3) is 0 Å². The number of carbonyl (C=O) groups is 1. The Morgan fingerprint density at radius 3 is 2.50 bits per heavy atom. The number of carbonyl (C=O) groups excluding carboxylic acids is 1. The van der Waals surface area contributed by atoms with E-state index in [2.05, 4.69) is 5.32 Å². The number of phenols is 1. The second-order valence-electron chi connectivity index (χ2n) is 6.28. The highest BCUT2D eigenvalue weighted by molar-refractivity contribution is 5.94. The standard InChI is InChI=1S/C20H25NO5/c1-13(20(25)15-6-8-17(23)9-7-15)21-11-18(24)12-26-19-5-3-4-16(10-19)14(2)22/h3-10,13,18,20-21,23-25H,11-12H2,1-2H3/t13-,18-,20-/m0/s1. The molecule has 0 aromatic heterocycles. The Labute approximate surface area is 153 Å². The minimum atomic E-state index is -0.773. The number of hydrogen-bond donors (Lipinski definition) is 4. The van der Waals surface area contributed by atoms with E-state index in [1.807, 2.05) is 0 Å². The summed E-state index contributed by atoms with van der Waals surface area (Å²) in [5, 5.41) is 32.7. The molecule has 6 heteroatoms. The van der Waals surface area contributed by atoms with E-state index in [0.29, 0.717) is 16.9 Å². The second-order valence-corrected chi connectivity index (χ2v) is 6.28. The van der Waals surface area contributed by atoms with E-state index in [1.165, 1.54) is 19.1 Å². The molecule has 0 bridgehead atoms. The van der Waals surface area contributed by atoms with Crippen LogP contribution in [0.3, 0.4) is 0 Å². The van der Waals surface area contributed by atoms with Crippen molar-refractivity contribution >= 4 is 5.78 Å². The van der Waals surface area contributed by atoms with E-state index < -0.39 is 12.2 Å². The molecule has 3 atom stereocenters. The van der Waals surface area contributed by atoms with E-state index in [4.69, 9.17) is 4.74 Å². The van der Waals surface area contributed by atoms with Crippen LogP contribution in [0.15, 0.2) is 48.5 Å². The number of ketones is 1. The zero-order chi connectivity index (χ0) is 19.1. The average Bonchev–Trinajstić information content (AvgIpc) is 2.64. The second kappa shape index (κ2) is 9.33. The molecular weight excluding hydrogens is 334 g/mol. The molecular formula is C20H25NO5. The van der Waals surface area contributed by atoms with Crippen LogP contribution in [0, 0.1) is 0 Å². The van der Waals surface area contributed by atoms with Crippen LogP contribution in [-0.2, 0) is 0 Å². The quantitative estimate of drug-likeness (QED) is 0.512. The normalized spacial score (nSPS) is 14.5. The summed E-state index contributed by atoms with van der Waals surface area (Å²) in [7, 11) is 0. The molecule has 0 amide bonds. The number of aromatic hydroxyl groups is 1. The van der Waals surface area contributed by atoms with Gasteiger partial charge in [-0.2, -0.15) is 0 Å². The molecule has 0 spiro atoms. The number of hydrogen-bond acceptors (Lipinski definition) is 6. The van der Waals surface area contributed by atoms with Gasteiger partial charge in [0.1, 0.15) is 24.2 Å². The first-order valence-corrected chi connectivity index (χ1v) is 8.49. The molecule has 0 heterocycles. The molecule has 140 valence electrons. The Kier molecular flexibility index (Phi) is 7.15. The van der Waals surface area contributed by atoms with Gasteiger partial charge in [0.15, 0.2) is 5.78 Å². The molecule has 2 aromatic carbocycles. The fourth-order valence-electron chi connectivity index (χ4n) is 2.45. The van der Waals surface area contributed by atoms with Crippen molar-refractivity contribution in [3.8, 4) is 11.5 Å². The Morgan fingerprint density at radius 2 is 1.85 bits per heavy atom. The molecule has 6 nitrogen and oxygen atoms in total. The molecule has 0 saturated heterocycles. The summed E-state index contributed by atoms with van der Waals surface area (Å²) >= 11 is 0. The average molecular weight is 359 g/mol. The first-order chi connectivity index (χ1) is 12.4. The van der Waals surface area contributed by atoms with Crippen LogP contribution in [0.1, 0.15) is 35.9 Å². The molecule has 0 aliphatic carbocycles. The van der Waals surface area contributed by atoms with Crippen LogP contribution in [0.4, 0.5) is 0 Å². The Balaban J connectivity index is 1.79. The Morgan fingerprint density at radius 1 is 1.15 bits per heavy atom. The van der Waals surface area contributed by atoms with Gasteiger partial charge in [-0.25, -0.2) is 0 Å². The van der Waals surface area contributed by atoms with Crippen molar-refractivity contribution in [2.75, 3.05) is 13.2 Å². The van der Waals surface area contributed by atoms with Crippen LogP contribution >= 0.6 is 0 Å². The van der Waals surface area contributed by atoms with Crippen LogP contribution in [-0.4, -0.2) is 46.4 Å². The predicted octanol–water partition coefficient (Wildman–Crippen LogP) is 2.05. The fraction of sp³-hybridized carbons (Fsp3) is 0.350. The van der Waals surface area contributed by atoms with Gasteiger partial charge in [-0.05, 0) is 43.7 Å². The first kappa shape index (κ1) is 19.9. The number of phenolic OH excluding ortho intramolecular Hbond substituents is 1. The van der Waals surface area contributed by atoms with Crippen molar-refractivity contribution in [2.45, 2.75) is 32.1 Å². The van der Waals surface area contributed by atoms with Gasteiger partial charge in [0.25, 0.3) is 0 Å². The van der Waals surface area contributed by atoms with Gasteiger partial charge >= 0.3 is 0 Å². The highest BCUT2D eigenvalue weighted by Crippen LogP contribution is 2.19. The molecule has 2 rings (SSSR count). The topological polar surface area (TPSA) is 99.0 Å². The largest absolute Gasteiger partial charge is 0.508 e. The zero-order valence-corrected chi connectivity index (χ0v) is 14.9. The molecule has 0 aliphatic heterocycles. The minimum absolute atomic E-state index is 0.0466. The van der Waals surface area contributed by atoms with Crippen molar-refractivity contribution in [3.63, 3.8) is 0 Å². The molecule has 0 unspecified atom stereocenters. The van der Waals surface area contributed by atoms with Crippen LogP contribution in [0.5, 0.6) is 11.5 Å². The zero-order valence-electron chi connectivity index (χ0n) is 14.9. The fourth-order valence-corrected chi connectivity index (χ4v) is 2.45. The van der Waals surface area contributed by atoms with Gasteiger partial charge in [0.05, 0.1) is 6.10 Å². The maximum absolute atomic E-state index is 11.4. The number of aliphatic hydroxyl groups is 2. The number of ether oxygens (including phenoxy) is 1. The summed E-state index contributed by atoms with van der Waals surface area (Å²) in [6.07, 6.45) is -1.54. The van der Waals surface area contributed by atoms with Gasteiger partial charge in [-0.1, -0.05) is 24.3 Å². The highest BCUT2D eigenvalue weighted by atomic mass is 16.5. The minimum Gasteiger partial charge on any atom is -0.508 e. The lowest BCUT2D eigenvalue weighted by Crippen LogP contribution is -2.39. The smallest absolute Gasteiger partial charge is 0.159 e. The Bertz CT molecular complexity index is 716. The van der Waals surface area contributed by atoms with E-state index in [9.17, 15) is 20.1 Å². The van der Waals surface area contributed by atoms with Gasteiger partial charge in [0, 0.05) is 18.2 Å². The van der Waals surface area contributed by atoms with Gasteiger partial charge in [-0.3, -0.25) is 4.79 Å². The van der Waals surface area contributed by atoms with Crippen molar-refractivity contribution in [1.29, 1.82) is 0 Å². The summed E-state index contributed by atoms with van der Waals surface area (Å²) in [5.41, 5.74) is 1.23. The highest BCUT2D eigenvalue weighted by Gasteiger charge is 2.17. The van der Waals surface area contributed by atoms with E-state index in [0.717, 1.165) is 0 Å².